The second-order valence-electron chi connectivity index (χ2n) is 6.08. The van der Waals surface area contributed by atoms with Crippen LogP contribution in [0.3, 0.4) is 0 Å². The lowest BCUT2D eigenvalue weighted by Gasteiger charge is -2.44. The lowest BCUT2D eigenvalue weighted by molar-refractivity contribution is -0.138. The molecule has 1 N–H and O–H groups in total. The molecule has 1 aromatic rings. The third-order valence-electron chi connectivity index (χ3n) is 3.55. The number of anilines is 1. The van der Waals surface area contributed by atoms with Gasteiger partial charge < -0.3 is 5.32 Å². The predicted octanol–water partition coefficient (Wildman–Crippen LogP) is 3.37. The maximum absolute atomic E-state index is 12.8. The topological polar surface area (TPSA) is 49.4 Å². The molecule has 1 saturated heterocycles. The molecule has 0 saturated carbocycles. The molecule has 4 nitrogen and oxygen atoms in total. The van der Waals surface area contributed by atoms with Crippen LogP contribution in [0.1, 0.15) is 27.7 Å². The third-order valence-corrected chi connectivity index (χ3v) is 4.78. The number of amides is 2. The Bertz CT molecular complexity index is 601. The molecular weight excluding hydrogens is 356 g/mol. The number of nitrogens with one attached hydrogen (secondary N) is 1. The van der Waals surface area contributed by atoms with Crippen LogP contribution in [-0.2, 0) is 9.59 Å². The highest BCUT2D eigenvalue weighted by Gasteiger charge is 2.47. The quantitative estimate of drug-likeness (QED) is 0.864. The average Bonchev–Trinajstić information content (AvgIpc) is 2.36. The second-order valence-corrected chi connectivity index (χ2v) is 7.34. The fourth-order valence-electron chi connectivity index (χ4n) is 2.49. The van der Waals surface area contributed by atoms with E-state index in [1.807, 2.05) is 13.8 Å². The van der Waals surface area contributed by atoms with E-state index in [0.29, 0.717) is 10.7 Å². The molecule has 0 radical (unpaired) electrons. The summed E-state index contributed by atoms with van der Waals surface area (Å²) in [5.74, 6) is -0.291. The minimum absolute atomic E-state index is 0.00697. The first-order valence-electron chi connectivity index (χ1n) is 6.76. The van der Waals surface area contributed by atoms with E-state index in [1.54, 1.807) is 36.9 Å². The fourth-order valence-corrected chi connectivity index (χ4v) is 2.92. The van der Waals surface area contributed by atoms with Crippen molar-refractivity contribution in [2.75, 3.05) is 4.90 Å². The average molecular weight is 374 g/mol. The van der Waals surface area contributed by atoms with Crippen LogP contribution in [0.25, 0.3) is 0 Å². The molecule has 1 fully saturated rings. The Labute approximate surface area is 138 Å². The molecule has 1 unspecified atom stereocenters. The molecule has 1 aliphatic heterocycles. The van der Waals surface area contributed by atoms with Gasteiger partial charge in [-0.1, -0.05) is 25.4 Å². The number of carbonyl (C=O) groups is 2. The molecular formula is C15H18BrClN2O2. The molecule has 2 rings (SSSR count). The van der Waals surface area contributed by atoms with E-state index in [0.717, 1.165) is 4.47 Å². The molecule has 21 heavy (non-hydrogen) atoms. The Kier molecular flexibility index (Phi) is 4.36. The van der Waals surface area contributed by atoms with Gasteiger partial charge in [0.1, 0.15) is 11.6 Å². The van der Waals surface area contributed by atoms with Crippen molar-refractivity contribution in [3.05, 3.63) is 27.7 Å². The summed E-state index contributed by atoms with van der Waals surface area (Å²) < 4.78 is 0.752. The van der Waals surface area contributed by atoms with Crippen molar-refractivity contribution in [3.8, 4) is 0 Å². The van der Waals surface area contributed by atoms with E-state index < -0.39 is 11.6 Å². The number of hydrogen-bond acceptors (Lipinski definition) is 2. The van der Waals surface area contributed by atoms with Crippen molar-refractivity contribution in [1.82, 2.24) is 5.32 Å². The van der Waals surface area contributed by atoms with Gasteiger partial charge in [0.05, 0.1) is 5.02 Å². The Morgan fingerprint density at radius 1 is 1.33 bits per heavy atom. The molecule has 1 heterocycles. The van der Waals surface area contributed by atoms with Gasteiger partial charge in [0.25, 0.3) is 5.91 Å². The Morgan fingerprint density at radius 3 is 2.48 bits per heavy atom. The minimum Gasteiger partial charge on any atom is -0.340 e. The SMILES string of the molecule is CC(C)C1C(=O)NC(C)(C)C(=O)N1c1ccc(Br)c(Cl)c1. The number of benzene rings is 1. The van der Waals surface area contributed by atoms with Gasteiger partial charge in [-0.15, -0.1) is 0 Å². The van der Waals surface area contributed by atoms with Crippen molar-refractivity contribution in [3.63, 3.8) is 0 Å². The highest BCUT2D eigenvalue weighted by Crippen LogP contribution is 2.33. The van der Waals surface area contributed by atoms with Crippen LogP contribution in [0.4, 0.5) is 5.69 Å². The van der Waals surface area contributed by atoms with Gasteiger partial charge >= 0.3 is 0 Å². The Balaban J connectivity index is 2.55. The van der Waals surface area contributed by atoms with Crippen molar-refractivity contribution in [2.45, 2.75) is 39.3 Å². The summed E-state index contributed by atoms with van der Waals surface area (Å²) in [4.78, 5) is 26.7. The van der Waals surface area contributed by atoms with Crippen LogP contribution in [0.15, 0.2) is 22.7 Å². The van der Waals surface area contributed by atoms with Gasteiger partial charge in [-0.25, -0.2) is 0 Å². The van der Waals surface area contributed by atoms with Gasteiger partial charge in [-0.2, -0.15) is 0 Å². The summed E-state index contributed by atoms with van der Waals surface area (Å²) in [5.41, 5.74) is -0.294. The zero-order valence-corrected chi connectivity index (χ0v) is 14.7. The first-order valence-corrected chi connectivity index (χ1v) is 7.93. The zero-order valence-electron chi connectivity index (χ0n) is 12.4. The van der Waals surface area contributed by atoms with Crippen LogP contribution in [0.2, 0.25) is 5.02 Å². The fraction of sp³-hybridized carbons (Fsp3) is 0.467. The molecule has 0 bridgehead atoms. The first kappa shape index (κ1) is 16.3. The van der Waals surface area contributed by atoms with E-state index in [-0.39, 0.29) is 17.7 Å². The van der Waals surface area contributed by atoms with Gasteiger partial charge in [-0.3, -0.25) is 14.5 Å². The van der Waals surface area contributed by atoms with Crippen LogP contribution >= 0.6 is 27.5 Å². The molecule has 0 aromatic heterocycles. The molecule has 6 heteroatoms. The van der Waals surface area contributed by atoms with Gasteiger partial charge in [0.15, 0.2) is 0 Å². The van der Waals surface area contributed by atoms with Gasteiger partial charge in [-0.05, 0) is 53.9 Å². The highest BCUT2D eigenvalue weighted by molar-refractivity contribution is 9.10. The van der Waals surface area contributed by atoms with Crippen LogP contribution in [0.5, 0.6) is 0 Å². The number of carbonyl (C=O) groups excluding carboxylic acids is 2. The van der Waals surface area contributed by atoms with E-state index in [2.05, 4.69) is 21.2 Å². The lowest BCUT2D eigenvalue weighted by atomic mass is 9.91. The molecule has 2 amide bonds. The number of hydrogen-bond donors (Lipinski definition) is 1. The van der Waals surface area contributed by atoms with Crippen molar-refractivity contribution in [1.29, 1.82) is 0 Å². The zero-order chi connectivity index (χ0) is 15.9. The maximum atomic E-state index is 12.8. The molecule has 0 spiro atoms. The van der Waals surface area contributed by atoms with Crippen molar-refractivity contribution < 1.29 is 9.59 Å². The molecule has 1 aromatic carbocycles. The van der Waals surface area contributed by atoms with Crippen molar-refractivity contribution >= 4 is 45.0 Å². The number of rotatable bonds is 2. The van der Waals surface area contributed by atoms with E-state index in [9.17, 15) is 9.59 Å². The molecule has 1 aliphatic rings. The smallest absolute Gasteiger partial charge is 0.252 e. The largest absolute Gasteiger partial charge is 0.340 e. The van der Waals surface area contributed by atoms with E-state index in [1.165, 1.54) is 0 Å². The Hall–Kier alpha value is -1.07. The summed E-state index contributed by atoms with van der Waals surface area (Å²) in [7, 11) is 0. The van der Waals surface area contributed by atoms with E-state index in [4.69, 9.17) is 11.6 Å². The number of halogens is 2. The summed E-state index contributed by atoms with van der Waals surface area (Å²) >= 11 is 9.46. The summed E-state index contributed by atoms with van der Waals surface area (Å²) in [6, 6.07) is 4.73. The lowest BCUT2D eigenvalue weighted by Crippen LogP contribution is -2.69. The highest BCUT2D eigenvalue weighted by atomic mass is 79.9. The van der Waals surface area contributed by atoms with E-state index >= 15 is 0 Å². The van der Waals surface area contributed by atoms with Crippen molar-refractivity contribution in [2.24, 2.45) is 5.92 Å². The molecule has 114 valence electrons. The van der Waals surface area contributed by atoms with Crippen LogP contribution in [0, 0.1) is 5.92 Å². The molecule has 0 aliphatic carbocycles. The summed E-state index contributed by atoms with van der Waals surface area (Å²) in [5, 5.41) is 3.30. The third kappa shape index (κ3) is 2.94. The number of nitrogens with zero attached hydrogens (tertiary/aromatic N) is 1. The van der Waals surface area contributed by atoms with Gasteiger partial charge in [0.2, 0.25) is 5.91 Å². The predicted molar refractivity (Wildman–Crippen MR) is 87.5 cm³/mol. The molecule has 1 atom stereocenters. The summed E-state index contributed by atoms with van der Waals surface area (Å²) in [6.45, 7) is 7.25. The van der Waals surface area contributed by atoms with Gasteiger partial charge in [0, 0.05) is 10.2 Å². The van der Waals surface area contributed by atoms with Crippen LogP contribution < -0.4 is 10.2 Å². The van der Waals surface area contributed by atoms with Crippen LogP contribution in [-0.4, -0.2) is 23.4 Å². The first-order chi connectivity index (χ1) is 9.65. The summed E-state index contributed by atoms with van der Waals surface area (Å²) in [6.07, 6.45) is 0. The standard InChI is InChI=1S/C15H18BrClN2O2/c1-8(2)12-13(20)18-15(3,4)14(21)19(12)9-5-6-10(16)11(17)7-9/h5-8,12H,1-4H3,(H,18,20). The monoisotopic (exact) mass is 372 g/mol. The number of piperazine rings is 1. The Morgan fingerprint density at radius 2 is 1.95 bits per heavy atom. The maximum Gasteiger partial charge on any atom is 0.252 e. The normalized spacial score (nSPS) is 21.7. The minimum atomic E-state index is -0.929. The second kappa shape index (κ2) is 5.61.